The van der Waals surface area contributed by atoms with Crippen LogP contribution in [-0.2, 0) is 121 Å². The maximum atomic E-state index is 15.0. The van der Waals surface area contributed by atoms with Crippen molar-refractivity contribution in [3.8, 4) is 34.4 Å². The molecular formula is C112H104N6O14. The molecule has 0 saturated carbocycles. The molecule has 4 aliphatic heterocycles. The van der Waals surface area contributed by atoms with Crippen LogP contribution in [0.1, 0.15) is 250 Å². The molecule has 4 aliphatic rings. The fourth-order valence-corrected chi connectivity index (χ4v) is 20.2. The van der Waals surface area contributed by atoms with Crippen molar-refractivity contribution in [2.45, 2.75) is 199 Å². The summed E-state index contributed by atoms with van der Waals surface area (Å²) in [5.74, 6) is -1.32. The molecule has 11 aromatic carbocycles. The summed E-state index contributed by atoms with van der Waals surface area (Å²) in [7, 11) is 0. The maximum absolute atomic E-state index is 15.0. The van der Waals surface area contributed by atoms with E-state index in [1.54, 1.807) is 36.4 Å². The van der Waals surface area contributed by atoms with Gasteiger partial charge in [-0.25, -0.2) is 28.7 Å². The van der Waals surface area contributed by atoms with Crippen LogP contribution in [0.2, 0.25) is 0 Å². The average Bonchev–Trinajstić information content (AvgIpc) is 1.53. The van der Waals surface area contributed by atoms with Crippen molar-refractivity contribution in [2.75, 3.05) is 19.6 Å². The molecule has 8 amide bonds. The zero-order valence-corrected chi connectivity index (χ0v) is 77.0. The highest BCUT2D eigenvalue weighted by Gasteiger charge is 2.42. The first kappa shape index (κ1) is 89.3. The third-order valence-corrected chi connectivity index (χ3v) is 27.0. The zero-order valence-electron chi connectivity index (χ0n) is 77.0. The number of hydrogen-bond acceptors (Lipinski definition) is 14. The van der Waals surface area contributed by atoms with Crippen molar-refractivity contribution in [1.29, 1.82) is 0 Å². The molecule has 13 aromatic rings. The van der Waals surface area contributed by atoms with Crippen LogP contribution in [0.4, 0.5) is 22.7 Å². The van der Waals surface area contributed by atoms with E-state index in [9.17, 15) is 57.5 Å². The molecule has 0 aliphatic carbocycles. The van der Waals surface area contributed by atoms with Gasteiger partial charge in [-0.15, -0.1) is 0 Å². The van der Waals surface area contributed by atoms with Crippen LogP contribution in [0.3, 0.4) is 0 Å². The molecule has 666 valence electrons. The molecule has 132 heavy (non-hydrogen) atoms. The Morgan fingerprint density at radius 1 is 0.227 bits per heavy atom. The monoisotopic (exact) mass is 1760 g/mol. The second-order valence-electron chi connectivity index (χ2n) is 35.1. The van der Waals surface area contributed by atoms with Crippen molar-refractivity contribution in [1.82, 2.24) is 9.13 Å². The molecule has 0 fully saturated rings. The number of aromatic nitrogens is 2. The number of nitrogens with zero attached hydrogens (tertiary/aromatic N) is 6. The molecule has 0 atom stereocenters. The molecular weight excluding hydrogens is 1650 g/mol. The SMILES string of the molecule is CCc1cc(Cc2cc(CC)c(N3C(=O)c4ccc(Oc5ccc(C(C)(C)c6ccc(Oc7ccc8c(c7)C(=O)N(c7c(CC)cc(Cc9cc(CC)c(-n%10c(=O)c%11cc%12c(=O)n(-c%13c(CC)cc(Cc%14cc(CC)c(N%15C(=O)C=CC%15=O)c(CC)c%14)cc%13CC)c(=O)c%12cc%11c%10=O)c(CC)c9)cc7CC)C8=O)cc6)cc5)cc4C3=O)c(CC)c2)cc(CC)c1N1C(=O)C=CC1=O. The van der Waals surface area contributed by atoms with Crippen LogP contribution in [-0.4, -0.2) is 56.4 Å². The van der Waals surface area contributed by atoms with Crippen molar-refractivity contribution in [3.63, 3.8) is 0 Å². The first-order valence-electron chi connectivity index (χ1n) is 46.2. The van der Waals surface area contributed by atoms with Gasteiger partial charge in [-0.05, 0) is 280 Å². The first-order chi connectivity index (χ1) is 63.6. The minimum Gasteiger partial charge on any atom is -0.457 e. The number of amides is 8. The van der Waals surface area contributed by atoms with E-state index in [1.165, 1.54) is 65.2 Å². The molecule has 20 heteroatoms. The Morgan fingerprint density at radius 3 is 0.659 bits per heavy atom. The van der Waals surface area contributed by atoms with Crippen molar-refractivity contribution >= 4 is 91.6 Å². The van der Waals surface area contributed by atoms with Crippen molar-refractivity contribution in [3.05, 3.63) is 369 Å². The van der Waals surface area contributed by atoms with E-state index in [2.05, 4.69) is 38.1 Å². The van der Waals surface area contributed by atoms with E-state index < -0.39 is 51.3 Å². The second kappa shape index (κ2) is 35.7. The Balaban J connectivity index is 0.557. The summed E-state index contributed by atoms with van der Waals surface area (Å²) in [6.07, 6.45) is 13.2. The van der Waals surface area contributed by atoms with Gasteiger partial charge in [0.05, 0.1) is 77.9 Å². The quantitative estimate of drug-likeness (QED) is 0.0380. The first-order valence-corrected chi connectivity index (χ1v) is 46.2. The van der Waals surface area contributed by atoms with E-state index in [0.29, 0.717) is 159 Å². The Kier molecular flexibility index (Phi) is 24.1. The molecule has 0 spiro atoms. The van der Waals surface area contributed by atoms with Crippen LogP contribution in [0.15, 0.2) is 213 Å². The normalized spacial score (nSPS) is 13.8. The summed E-state index contributed by atoms with van der Waals surface area (Å²) >= 11 is 0. The number of carbonyl (C=O) groups is 8. The molecule has 0 bridgehead atoms. The Labute approximate surface area is 765 Å². The highest BCUT2D eigenvalue weighted by Crippen LogP contribution is 2.44. The fraction of sp³-hybridized carbons (Fsp3) is 0.268. The van der Waals surface area contributed by atoms with E-state index >= 15 is 0 Å². The van der Waals surface area contributed by atoms with E-state index in [-0.39, 0.29) is 61.9 Å². The Bertz CT molecular complexity index is 7140. The van der Waals surface area contributed by atoms with Crippen LogP contribution in [0.25, 0.3) is 32.9 Å². The minimum absolute atomic E-state index is 0.0370. The second-order valence-corrected chi connectivity index (χ2v) is 35.1. The van der Waals surface area contributed by atoms with Gasteiger partial charge in [0.1, 0.15) is 23.0 Å². The van der Waals surface area contributed by atoms with Gasteiger partial charge in [0, 0.05) is 29.7 Å². The number of carbonyl (C=O) groups excluding carboxylic acids is 8. The number of rotatable bonds is 30. The van der Waals surface area contributed by atoms with E-state index in [4.69, 9.17) is 9.47 Å². The molecule has 0 radical (unpaired) electrons. The van der Waals surface area contributed by atoms with Gasteiger partial charge in [-0.1, -0.05) is 194 Å². The van der Waals surface area contributed by atoms with Crippen LogP contribution in [0, 0.1) is 0 Å². The van der Waals surface area contributed by atoms with Gasteiger partial charge < -0.3 is 9.47 Å². The zero-order chi connectivity index (χ0) is 93.5. The summed E-state index contributed by atoms with van der Waals surface area (Å²) in [5, 5.41) is 0.156. The molecule has 20 nitrogen and oxygen atoms in total. The van der Waals surface area contributed by atoms with Gasteiger partial charge in [0.25, 0.3) is 69.5 Å². The third kappa shape index (κ3) is 15.4. The standard InChI is InChI=1S/C112H104N6O14/c1-15-68-46-62(47-69(16-2)98(68)113-94(119)39-40-95(113)120)43-64-50-72(19-5)100(73(20-6)51-64)115-104(123)86-37-35-84(58-88(86)106(115)125)131-82-31-27-80(28-32-82)112(13,14)81-29-33-83(34-30-81)132-85-36-38-87-89(59-85)107(126)116(105(87)124)101-74(21-7)52-66(53-75(101)22-8)45-67-56-78(25-11)103(79(26-12)57-67)118-110(129)92-60-90-91(61-93(92)111(118)130)109(128)117(108(90)127)102-76(23-9)54-65(55-77(102)24-10)44-63-48-70(17-3)99(71(18-4)49-63)114-96(121)41-42-97(114)122/h27-42,46-61H,15-26,43-45H2,1-14H3. The number of aryl methyl sites for hydroxylation is 12. The van der Waals surface area contributed by atoms with Gasteiger partial charge in [-0.3, -0.25) is 57.5 Å². The van der Waals surface area contributed by atoms with Crippen molar-refractivity contribution in [2.24, 2.45) is 0 Å². The summed E-state index contributed by atoms with van der Waals surface area (Å²) < 4.78 is 15.2. The van der Waals surface area contributed by atoms with Crippen LogP contribution >= 0.6 is 0 Å². The highest BCUT2D eigenvalue weighted by atomic mass is 16.5. The smallest absolute Gasteiger partial charge is 0.266 e. The molecule has 17 rings (SSSR count). The topological polar surface area (TPSA) is 246 Å². The van der Waals surface area contributed by atoms with Crippen LogP contribution in [0.5, 0.6) is 23.0 Å². The summed E-state index contributed by atoms with van der Waals surface area (Å²) in [6, 6.07) is 52.7. The molecule has 2 aromatic heterocycles. The minimum atomic E-state index is -0.592. The molecule has 0 N–H and O–H groups in total. The number of ether oxygens (including phenoxy) is 2. The van der Waals surface area contributed by atoms with Crippen LogP contribution < -0.4 is 51.3 Å². The summed E-state index contributed by atoms with van der Waals surface area (Å²) in [6.45, 7) is 28.2. The highest BCUT2D eigenvalue weighted by molar-refractivity contribution is 6.36. The molecule has 0 unspecified atom stereocenters. The van der Waals surface area contributed by atoms with E-state index in [0.717, 1.165) is 111 Å². The fourth-order valence-electron chi connectivity index (χ4n) is 20.2. The predicted molar refractivity (Wildman–Crippen MR) is 518 cm³/mol. The number of hydrogen-bond donors (Lipinski definition) is 0. The predicted octanol–water partition coefficient (Wildman–Crippen LogP) is 19.8. The lowest BCUT2D eigenvalue weighted by molar-refractivity contribution is -0.121. The largest absolute Gasteiger partial charge is 0.457 e. The lowest BCUT2D eigenvalue weighted by atomic mass is 9.78. The number of anilines is 4. The van der Waals surface area contributed by atoms with E-state index in [1.807, 2.05) is 180 Å². The number of imide groups is 4. The summed E-state index contributed by atoms with van der Waals surface area (Å²) in [4.78, 5) is 175. The van der Waals surface area contributed by atoms with Gasteiger partial charge in [0.15, 0.2) is 0 Å². The number of fused-ring (bicyclic) bond motifs is 4. The van der Waals surface area contributed by atoms with Crippen molar-refractivity contribution < 1.29 is 47.8 Å². The number of benzene rings is 11. The Morgan fingerprint density at radius 2 is 0.432 bits per heavy atom. The average molecular weight is 1760 g/mol. The lowest BCUT2D eigenvalue weighted by Gasteiger charge is -2.26. The summed E-state index contributed by atoms with van der Waals surface area (Å²) in [5.41, 5.74) is 19.4. The maximum Gasteiger partial charge on any atom is 0.266 e. The Hall–Kier alpha value is -14.7. The van der Waals surface area contributed by atoms with Gasteiger partial charge in [-0.2, -0.15) is 0 Å². The lowest BCUT2D eigenvalue weighted by Crippen LogP contribution is -2.31. The van der Waals surface area contributed by atoms with Gasteiger partial charge >= 0.3 is 0 Å². The molecule has 0 saturated heterocycles. The van der Waals surface area contributed by atoms with Gasteiger partial charge in [0.2, 0.25) is 0 Å². The molecule has 6 heterocycles. The third-order valence-electron chi connectivity index (χ3n) is 27.0.